The first kappa shape index (κ1) is 14.0. The van der Waals surface area contributed by atoms with Crippen LogP contribution in [0.15, 0.2) is 53.3 Å². The van der Waals surface area contributed by atoms with E-state index >= 15 is 0 Å². The molecule has 23 heavy (non-hydrogen) atoms. The second-order valence-corrected chi connectivity index (χ2v) is 5.86. The van der Waals surface area contributed by atoms with Crippen molar-refractivity contribution in [2.75, 3.05) is 0 Å². The Labute approximate surface area is 133 Å². The monoisotopic (exact) mass is 308 g/mol. The first-order chi connectivity index (χ1) is 11.2. The number of aromatic nitrogens is 1. The molecular formula is C18H16N2O3. The molecule has 0 spiro atoms. The Bertz CT molecular complexity index is 848. The van der Waals surface area contributed by atoms with Gasteiger partial charge in [0.25, 0.3) is 5.91 Å². The molecular weight excluding hydrogens is 292 g/mol. The number of amides is 1. The maximum absolute atomic E-state index is 12.2. The number of fused-ring (bicyclic) bond motifs is 1. The van der Waals surface area contributed by atoms with Crippen molar-refractivity contribution in [1.82, 2.24) is 10.3 Å². The summed E-state index contributed by atoms with van der Waals surface area (Å²) in [6.45, 7) is 0. The van der Waals surface area contributed by atoms with Crippen LogP contribution in [0.5, 0.6) is 0 Å². The molecule has 4 rings (SSSR count). The van der Waals surface area contributed by atoms with Crippen LogP contribution in [0.2, 0.25) is 0 Å². The topological polar surface area (TPSA) is 75.4 Å². The Morgan fingerprint density at radius 1 is 1.17 bits per heavy atom. The summed E-state index contributed by atoms with van der Waals surface area (Å²) in [6.07, 6.45) is 4.35. The largest absolute Gasteiger partial charge is 0.464 e. The van der Waals surface area contributed by atoms with Crippen molar-refractivity contribution in [3.05, 3.63) is 54.4 Å². The Kier molecular flexibility index (Phi) is 3.35. The quantitative estimate of drug-likeness (QED) is 0.780. The lowest BCUT2D eigenvalue weighted by atomic mass is 9.89. The highest BCUT2D eigenvalue weighted by Crippen LogP contribution is 2.27. The second-order valence-electron chi connectivity index (χ2n) is 5.86. The van der Waals surface area contributed by atoms with Crippen LogP contribution >= 0.6 is 0 Å². The second kappa shape index (κ2) is 5.52. The number of pyridine rings is 1. The van der Waals surface area contributed by atoms with Crippen LogP contribution in [-0.2, 0) is 0 Å². The van der Waals surface area contributed by atoms with Crippen molar-refractivity contribution in [3.8, 4) is 11.3 Å². The molecule has 0 atom stereocenters. The number of furan rings is 1. The highest BCUT2D eigenvalue weighted by atomic mass is 16.3. The van der Waals surface area contributed by atoms with Gasteiger partial charge in [-0.25, -0.2) is 0 Å². The fourth-order valence-electron chi connectivity index (χ4n) is 2.88. The van der Waals surface area contributed by atoms with Crippen LogP contribution in [-0.4, -0.2) is 28.1 Å². The Morgan fingerprint density at radius 3 is 2.70 bits per heavy atom. The molecule has 1 aromatic carbocycles. The SMILES string of the molecule is O=C(N[C@H]1C[C@H](O)C1)c1ccc(-c2nccc3occc23)cc1. The van der Waals surface area contributed by atoms with Crippen LogP contribution in [0.25, 0.3) is 22.2 Å². The van der Waals surface area contributed by atoms with Gasteiger partial charge in [-0.1, -0.05) is 12.1 Å². The third-order valence-electron chi connectivity index (χ3n) is 4.25. The van der Waals surface area contributed by atoms with Gasteiger partial charge in [-0.15, -0.1) is 0 Å². The maximum atomic E-state index is 12.2. The average molecular weight is 308 g/mol. The minimum absolute atomic E-state index is 0.0820. The van der Waals surface area contributed by atoms with E-state index in [0.717, 1.165) is 22.2 Å². The third kappa shape index (κ3) is 2.59. The molecule has 2 heterocycles. The van der Waals surface area contributed by atoms with Gasteiger partial charge in [0.2, 0.25) is 0 Å². The van der Waals surface area contributed by atoms with E-state index < -0.39 is 0 Å². The van der Waals surface area contributed by atoms with Gasteiger partial charge in [-0.05, 0) is 37.1 Å². The lowest BCUT2D eigenvalue weighted by Gasteiger charge is -2.31. The van der Waals surface area contributed by atoms with Crippen LogP contribution < -0.4 is 5.32 Å². The summed E-state index contributed by atoms with van der Waals surface area (Å²) < 4.78 is 5.39. The molecule has 2 N–H and O–H groups in total. The zero-order valence-corrected chi connectivity index (χ0v) is 12.4. The summed E-state index contributed by atoms with van der Waals surface area (Å²) in [5.41, 5.74) is 3.17. The molecule has 0 unspecified atom stereocenters. The summed E-state index contributed by atoms with van der Waals surface area (Å²) in [4.78, 5) is 16.6. The minimum Gasteiger partial charge on any atom is -0.464 e. The Morgan fingerprint density at radius 2 is 1.96 bits per heavy atom. The van der Waals surface area contributed by atoms with Gasteiger partial charge in [0, 0.05) is 28.8 Å². The molecule has 0 aliphatic heterocycles. The smallest absolute Gasteiger partial charge is 0.251 e. The van der Waals surface area contributed by atoms with Crippen LogP contribution in [0.3, 0.4) is 0 Å². The fourth-order valence-corrected chi connectivity index (χ4v) is 2.88. The van der Waals surface area contributed by atoms with Crippen LogP contribution in [0.4, 0.5) is 0 Å². The third-order valence-corrected chi connectivity index (χ3v) is 4.25. The first-order valence-corrected chi connectivity index (χ1v) is 7.62. The molecule has 0 radical (unpaired) electrons. The molecule has 0 saturated heterocycles. The minimum atomic E-state index is -0.274. The molecule has 1 aliphatic carbocycles. The number of rotatable bonds is 3. The summed E-state index contributed by atoms with van der Waals surface area (Å²) in [7, 11) is 0. The van der Waals surface area contributed by atoms with E-state index in [0.29, 0.717) is 18.4 Å². The molecule has 116 valence electrons. The number of nitrogens with zero attached hydrogens (tertiary/aromatic N) is 1. The highest BCUT2D eigenvalue weighted by molar-refractivity contribution is 5.96. The molecule has 5 heteroatoms. The van der Waals surface area contributed by atoms with E-state index in [1.165, 1.54) is 0 Å². The van der Waals surface area contributed by atoms with Gasteiger partial charge in [-0.2, -0.15) is 0 Å². The van der Waals surface area contributed by atoms with Gasteiger partial charge in [0.05, 0.1) is 18.1 Å². The molecule has 2 aromatic heterocycles. The van der Waals surface area contributed by atoms with E-state index in [9.17, 15) is 9.90 Å². The summed E-state index contributed by atoms with van der Waals surface area (Å²) in [5, 5.41) is 13.1. The molecule has 1 aliphatic rings. The molecule has 5 nitrogen and oxygen atoms in total. The predicted octanol–water partition coefficient (Wildman–Crippen LogP) is 2.75. The maximum Gasteiger partial charge on any atom is 0.251 e. The van der Waals surface area contributed by atoms with E-state index in [1.807, 2.05) is 24.3 Å². The van der Waals surface area contributed by atoms with E-state index in [4.69, 9.17) is 4.42 Å². The Balaban J connectivity index is 1.56. The number of aliphatic hydroxyl groups is 1. The van der Waals surface area contributed by atoms with E-state index in [1.54, 1.807) is 24.6 Å². The lowest BCUT2D eigenvalue weighted by molar-refractivity contribution is 0.0562. The number of aliphatic hydroxyl groups excluding tert-OH is 1. The van der Waals surface area contributed by atoms with Crippen molar-refractivity contribution >= 4 is 16.9 Å². The fraction of sp³-hybridized carbons (Fsp3) is 0.222. The number of carbonyl (C=O) groups excluding carboxylic acids is 1. The van der Waals surface area contributed by atoms with Gasteiger partial charge in [0.15, 0.2) is 0 Å². The number of benzene rings is 1. The summed E-state index contributed by atoms with van der Waals surface area (Å²) in [5.74, 6) is -0.108. The highest BCUT2D eigenvalue weighted by Gasteiger charge is 2.28. The predicted molar refractivity (Wildman–Crippen MR) is 85.9 cm³/mol. The molecule has 0 bridgehead atoms. The zero-order chi connectivity index (χ0) is 15.8. The van der Waals surface area contributed by atoms with Crippen LogP contribution in [0, 0.1) is 0 Å². The molecule has 1 amide bonds. The average Bonchev–Trinajstić information content (AvgIpc) is 3.02. The number of hydrogen-bond acceptors (Lipinski definition) is 4. The van der Waals surface area contributed by atoms with Crippen molar-refractivity contribution in [3.63, 3.8) is 0 Å². The van der Waals surface area contributed by atoms with Crippen molar-refractivity contribution in [1.29, 1.82) is 0 Å². The normalized spacial score (nSPS) is 20.2. The number of hydrogen-bond donors (Lipinski definition) is 2. The molecule has 1 fully saturated rings. The van der Waals surface area contributed by atoms with E-state index in [2.05, 4.69) is 10.3 Å². The van der Waals surface area contributed by atoms with E-state index in [-0.39, 0.29) is 18.1 Å². The van der Waals surface area contributed by atoms with Crippen LogP contribution in [0.1, 0.15) is 23.2 Å². The molecule has 1 saturated carbocycles. The first-order valence-electron chi connectivity index (χ1n) is 7.62. The van der Waals surface area contributed by atoms with Crippen molar-refractivity contribution < 1.29 is 14.3 Å². The van der Waals surface area contributed by atoms with Gasteiger partial charge >= 0.3 is 0 Å². The summed E-state index contributed by atoms with van der Waals surface area (Å²) in [6, 6.07) is 11.2. The molecule has 3 aromatic rings. The summed E-state index contributed by atoms with van der Waals surface area (Å²) >= 11 is 0. The van der Waals surface area contributed by atoms with Gasteiger partial charge < -0.3 is 14.8 Å². The standard InChI is InChI=1S/C18H16N2O3/c21-14-9-13(10-14)20-18(22)12-3-1-11(2-4-12)17-15-6-8-23-16(15)5-7-19-17/h1-8,13-14,21H,9-10H2,(H,20,22)/t13-,14-. The Hall–Kier alpha value is -2.66. The number of carbonyl (C=O) groups is 1. The van der Waals surface area contributed by atoms with Crippen molar-refractivity contribution in [2.24, 2.45) is 0 Å². The van der Waals surface area contributed by atoms with Crippen molar-refractivity contribution in [2.45, 2.75) is 25.0 Å². The van der Waals surface area contributed by atoms with Gasteiger partial charge in [-0.3, -0.25) is 9.78 Å². The zero-order valence-electron chi connectivity index (χ0n) is 12.4. The lowest BCUT2D eigenvalue weighted by Crippen LogP contribution is -2.46. The number of nitrogens with one attached hydrogen (secondary N) is 1. The van der Waals surface area contributed by atoms with Gasteiger partial charge in [0.1, 0.15) is 5.58 Å².